The maximum Gasteiger partial charge on any atom is 0.334 e. The number of para-hydroxylation sites is 1. The zero-order chi connectivity index (χ0) is 24.2. The highest BCUT2D eigenvalue weighted by Gasteiger charge is 2.54. The number of hydrogen-bond donors (Lipinski definition) is 0. The highest BCUT2D eigenvalue weighted by Crippen LogP contribution is 2.48. The minimum atomic E-state index is -1.68. The molecule has 35 heavy (non-hydrogen) atoms. The molecular formula is C27H27N3O5. The van der Waals surface area contributed by atoms with Crippen LogP contribution in [0.25, 0.3) is 10.9 Å². The van der Waals surface area contributed by atoms with Crippen molar-refractivity contribution in [2.75, 3.05) is 0 Å². The molecule has 0 radical (unpaired) electrons. The van der Waals surface area contributed by atoms with Crippen molar-refractivity contribution in [1.29, 1.82) is 0 Å². The minimum absolute atomic E-state index is 0.0376. The van der Waals surface area contributed by atoms with Gasteiger partial charge >= 0.3 is 17.7 Å². The van der Waals surface area contributed by atoms with Crippen molar-refractivity contribution in [3.63, 3.8) is 0 Å². The number of benzene rings is 1. The topological polar surface area (TPSA) is 92.4 Å². The third kappa shape index (κ3) is 3.59. The molecule has 3 aliphatic rings. The van der Waals surface area contributed by atoms with Gasteiger partial charge < -0.3 is 18.6 Å². The molecule has 0 bridgehead atoms. The van der Waals surface area contributed by atoms with Crippen molar-refractivity contribution in [2.24, 2.45) is 11.8 Å². The van der Waals surface area contributed by atoms with Crippen LogP contribution in [0.5, 0.6) is 0 Å². The number of aryl methyl sites for hydroxylation is 1. The van der Waals surface area contributed by atoms with Crippen LogP contribution >= 0.6 is 0 Å². The van der Waals surface area contributed by atoms with Crippen LogP contribution in [0.3, 0.4) is 0 Å². The smallest absolute Gasteiger partial charge is 0.334 e. The van der Waals surface area contributed by atoms with E-state index in [4.69, 9.17) is 9.47 Å². The lowest BCUT2D eigenvalue weighted by Gasteiger charge is -2.39. The lowest BCUT2D eigenvalue weighted by molar-refractivity contribution is -0.235. The SMILES string of the molecule is Cc1nccn1CC1CC2(OC(=O)C=CC(=O)O2)c2c(c3ccccc3n2CC2CCCC2)C1=O. The number of esters is 2. The molecule has 0 amide bonds. The van der Waals surface area contributed by atoms with Crippen LogP contribution in [-0.2, 0) is 37.9 Å². The first kappa shape index (κ1) is 21.8. The summed E-state index contributed by atoms with van der Waals surface area (Å²) in [5.41, 5.74) is 1.86. The molecular weight excluding hydrogens is 446 g/mol. The van der Waals surface area contributed by atoms with Crippen LogP contribution in [0.1, 0.15) is 54.0 Å². The van der Waals surface area contributed by atoms with Gasteiger partial charge in [-0.2, -0.15) is 0 Å². The molecule has 3 heterocycles. The van der Waals surface area contributed by atoms with Gasteiger partial charge in [0, 0.05) is 60.9 Å². The van der Waals surface area contributed by atoms with Gasteiger partial charge in [-0.1, -0.05) is 31.0 Å². The standard InChI is InChI=1S/C27H27N3O5/c1-17-28-12-13-29(17)16-19-14-27(34-22(31)10-11-23(32)35-27)26-24(25(19)33)20-8-4-5-9-21(20)30(26)15-18-6-2-3-7-18/h4-5,8-13,18-19H,2-3,6-7,14-16H2,1H3. The van der Waals surface area contributed by atoms with Gasteiger partial charge in [-0.3, -0.25) is 4.79 Å². The zero-order valence-electron chi connectivity index (χ0n) is 19.6. The molecule has 8 heteroatoms. The molecule has 1 atom stereocenters. The van der Waals surface area contributed by atoms with E-state index in [1.165, 1.54) is 12.8 Å². The molecule has 0 saturated heterocycles. The van der Waals surface area contributed by atoms with Crippen LogP contribution in [0.15, 0.2) is 48.8 Å². The van der Waals surface area contributed by atoms with Crippen molar-refractivity contribution < 1.29 is 23.9 Å². The van der Waals surface area contributed by atoms with Crippen LogP contribution in [0.4, 0.5) is 0 Å². The summed E-state index contributed by atoms with van der Waals surface area (Å²) in [4.78, 5) is 43.7. The second kappa shape index (κ2) is 8.22. The normalized spacial score (nSPS) is 21.9. The Hall–Kier alpha value is -3.68. The molecule has 0 N–H and O–H groups in total. The number of aromatic nitrogens is 3. The summed E-state index contributed by atoms with van der Waals surface area (Å²) >= 11 is 0. The maximum absolute atomic E-state index is 14.1. The van der Waals surface area contributed by atoms with Crippen molar-refractivity contribution in [1.82, 2.24) is 14.1 Å². The van der Waals surface area contributed by atoms with E-state index in [2.05, 4.69) is 9.55 Å². The molecule has 1 unspecified atom stereocenters. The summed E-state index contributed by atoms with van der Waals surface area (Å²) < 4.78 is 15.8. The number of imidazole rings is 1. The highest BCUT2D eigenvalue weighted by atomic mass is 16.7. The molecule has 1 saturated carbocycles. The van der Waals surface area contributed by atoms with Crippen LogP contribution < -0.4 is 0 Å². The lowest BCUT2D eigenvalue weighted by atomic mass is 9.80. The number of Topliss-reactive ketones (excluding diaryl/α,β-unsaturated/α-hetero) is 1. The third-order valence-corrected chi connectivity index (χ3v) is 7.61. The highest BCUT2D eigenvalue weighted by molar-refractivity contribution is 6.12. The molecule has 1 fully saturated rings. The van der Waals surface area contributed by atoms with Gasteiger partial charge in [0.25, 0.3) is 0 Å². The number of rotatable bonds is 4. The van der Waals surface area contributed by atoms with Crippen molar-refractivity contribution >= 4 is 28.6 Å². The summed E-state index contributed by atoms with van der Waals surface area (Å²) in [5.74, 6) is -2.39. The van der Waals surface area contributed by atoms with Gasteiger partial charge in [0.1, 0.15) is 11.5 Å². The second-order valence-corrected chi connectivity index (χ2v) is 9.82. The first-order valence-corrected chi connectivity index (χ1v) is 12.2. The number of fused-ring (bicyclic) bond motifs is 4. The van der Waals surface area contributed by atoms with Gasteiger partial charge in [-0.15, -0.1) is 0 Å². The minimum Gasteiger partial charge on any atom is -0.413 e. The number of ketones is 1. The molecule has 2 aromatic heterocycles. The molecule has 180 valence electrons. The predicted molar refractivity (Wildman–Crippen MR) is 126 cm³/mol. The van der Waals surface area contributed by atoms with E-state index in [0.29, 0.717) is 30.3 Å². The summed E-state index contributed by atoms with van der Waals surface area (Å²) in [5, 5.41) is 0.793. The van der Waals surface area contributed by atoms with Gasteiger partial charge in [0.05, 0.1) is 5.56 Å². The summed E-state index contributed by atoms with van der Waals surface area (Å²) in [6, 6.07) is 7.75. The van der Waals surface area contributed by atoms with E-state index in [9.17, 15) is 14.4 Å². The summed E-state index contributed by atoms with van der Waals surface area (Å²) in [6.07, 6.45) is 10.3. The summed E-state index contributed by atoms with van der Waals surface area (Å²) in [6.45, 7) is 2.90. The van der Waals surface area contributed by atoms with Gasteiger partial charge in [-0.25, -0.2) is 14.6 Å². The Morgan fingerprint density at radius 3 is 2.43 bits per heavy atom. The average Bonchev–Trinajstić information content (AvgIpc) is 3.55. The monoisotopic (exact) mass is 473 g/mol. The van der Waals surface area contributed by atoms with E-state index in [-0.39, 0.29) is 12.2 Å². The van der Waals surface area contributed by atoms with E-state index in [0.717, 1.165) is 41.7 Å². The fourth-order valence-corrected chi connectivity index (χ4v) is 6.02. The first-order valence-electron chi connectivity index (χ1n) is 12.2. The molecule has 1 spiro atoms. The number of carbonyl (C=O) groups excluding carboxylic acids is 3. The fourth-order valence-electron chi connectivity index (χ4n) is 6.02. The van der Waals surface area contributed by atoms with Gasteiger partial charge in [0.15, 0.2) is 5.78 Å². The van der Waals surface area contributed by atoms with Crippen molar-refractivity contribution in [3.8, 4) is 0 Å². The molecule has 3 aromatic rings. The Morgan fingerprint density at radius 1 is 1.03 bits per heavy atom. The number of hydrogen-bond acceptors (Lipinski definition) is 6. The van der Waals surface area contributed by atoms with Crippen molar-refractivity contribution in [2.45, 2.75) is 57.9 Å². The first-order chi connectivity index (χ1) is 16.9. The van der Waals surface area contributed by atoms with Crippen LogP contribution in [-0.4, -0.2) is 31.8 Å². The zero-order valence-corrected chi connectivity index (χ0v) is 19.6. The van der Waals surface area contributed by atoms with E-state index >= 15 is 0 Å². The Bertz CT molecular complexity index is 1350. The largest absolute Gasteiger partial charge is 0.413 e. The van der Waals surface area contributed by atoms with E-state index in [1.807, 2.05) is 42.0 Å². The molecule has 6 rings (SSSR count). The van der Waals surface area contributed by atoms with Gasteiger partial charge in [-0.05, 0) is 31.7 Å². The van der Waals surface area contributed by atoms with E-state index in [1.54, 1.807) is 6.20 Å². The van der Waals surface area contributed by atoms with Crippen LogP contribution in [0.2, 0.25) is 0 Å². The number of ether oxygens (including phenoxy) is 2. The quantitative estimate of drug-likeness (QED) is 0.531. The Labute approximate surface area is 202 Å². The predicted octanol–water partition coefficient (Wildman–Crippen LogP) is 4.05. The second-order valence-electron chi connectivity index (χ2n) is 9.82. The maximum atomic E-state index is 14.1. The van der Waals surface area contributed by atoms with E-state index < -0.39 is 23.6 Å². The number of carbonyl (C=O) groups is 3. The Morgan fingerprint density at radius 2 is 1.74 bits per heavy atom. The fraction of sp³-hybridized carbons (Fsp3) is 0.407. The van der Waals surface area contributed by atoms with Crippen LogP contribution in [0, 0.1) is 18.8 Å². The lowest BCUT2D eigenvalue weighted by Crippen LogP contribution is -2.46. The molecule has 1 aromatic carbocycles. The third-order valence-electron chi connectivity index (χ3n) is 7.61. The Balaban J connectivity index is 1.57. The van der Waals surface area contributed by atoms with Gasteiger partial charge in [0.2, 0.25) is 0 Å². The molecule has 2 aliphatic carbocycles. The Kier molecular flexibility index (Phi) is 5.12. The molecule has 1 aliphatic heterocycles. The summed E-state index contributed by atoms with van der Waals surface area (Å²) in [7, 11) is 0. The van der Waals surface area contributed by atoms with Crippen molar-refractivity contribution in [3.05, 3.63) is 65.9 Å². The number of nitrogens with zero attached hydrogens (tertiary/aromatic N) is 3. The average molecular weight is 474 g/mol. The molecule has 8 nitrogen and oxygen atoms in total.